The minimum atomic E-state index is -0.740. The van der Waals surface area contributed by atoms with Crippen LogP contribution >= 0.6 is 0 Å². The normalized spacial score (nSPS) is 12.1. The standard InChI is InChI=1S/C26H45NO2/c1-3-5-6-7-8-9-10-11-12-13-14-15-16-17-22-27-24-20-18-23(19-21-24)25(4-2)26(28)29/h18-21,25,27H,3-17,22H2,1-2H3,(H,28,29). The molecular weight excluding hydrogens is 358 g/mol. The molecule has 0 heterocycles. The second-order valence-corrected chi connectivity index (χ2v) is 8.44. The monoisotopic (exact) mass is 403 g/mol. The quantitative estimate of drug-likeness (QED) is 0.229. The Bertz CT molecular complexity index is 512. The number of carboxylic acid groups (broad SMARTS) is 1. The Labute approximate surface area is 179 Å². The van der Waals surface area contributed by atoms with Gasteiger partial charge in [0.25, 0.3) is 0 Å². The van der Waals surface area contributed by atoms with Crippen molar-refractivity contribution in [2.45, 2.75) is 116 Å². The Hall–Kier alpha value is -1.51. The number of carbonyl (C=O) groups is 1. The lowest BCUT2D eigenvalue weighted by atomic mass is 9.96. The first kappa shape index (κ1) is 25.5. The average Bonchev–Trinajstić information content (AvgIpc) is 2.72. The molecule has 1 rings (SSSR count). The van der Waals surface area contributed by atoms with E-state index in [-0.39, 0.29) is 0 Å². The Morgan fingerprint density at radius 3 is 1.62 bits per heavy atom. The molecule has 2 N–H and O–H groups in total. The van der Waals surface area contributed by atoms with E-state index in [2.05, 4.69) is 12.2 Å². The minimum absolute atomic E-state index is 0.394. The summed E-state index contributed by atoms with van der Waals surface area (Å²) >= 11 is 0. The van der Waals surface area contributed by atoms with Crippen LogP contribution in [0.4, 0.5) is 5.69 Å². The molecule has 0 aliphatic rings. The summed E-state index contributed by atoms with van der Waals surface area (Å²) in [4.78, 5) is 11.2. The second kappa shape index (κ2) is 17.4. The Balaban J connectivity index is 1.94. The first-order valence-corrected chi connectivity index (χ1v) is 12.3. The van der Waals surface area contributed by atoms with Crippen LogP contribution in [0.1, 0.15) is 122 Å². The summed E-state index contributed by atoms with van der Waals surface area (Å²) in [7, 11) is 0. The molecular formula is C26H45NO2. The summed E-state index contributed by atoms with van der Waals surface area (Å²) in [6.07, 6.45) is 20.0. The van der Waals surface area contributed by atoms with Crippen molar-refractivity contribution in [3.8, 4) is 0 Å². The number of anilines is 1. The van der Waals surface area contributed by atoms with E-state index >= 15 is 0 Å². The van der Waals surface area contributed by atoms with E-state index in [1.54, 1.807) is 0 Å². The fourth-order valence-corrected chi connectivity index (χ4v) is 3.94. The predicted octanol–water partition coefficient (Wildman–Crippen LogP) is 8.16. The van der Waals surface area contributed by atoms with Crippen LogP contribution in [0, 0.1) is 0 Å². The molecule has 166 valence electrons. The number of nitrogens with one attached hydrogen (secondary N) is 1. The van der Waals surface area contributed by atoms with Crippen molar-refractivity contribution in [1.82, 2.24) is 0 Å². The summed E-state index contributed by atoms with van der Waals surface area (Å²) in [5, 5.41) is 12.7. The summed E-state index contributed by atoms with van der Waals surface area (Å²) in [5.74, 6) is -1.13. The van der Waals surface area contributed by atoms with Gasteiger partial charge in [-0.15, -0.1) is 0 Å². The molecule has 0 fully saturated rings. The molecule has 1 unspecified atom stereocenters. The van der Waals surface area contributed by atoms with Crippen molar-refractivity contribution in [1.29, 1.82) is 0 Å². The molecule has 3 nitrogen and oxygen atoms in total. The molecule has 0 bridgehead atoms. The van der Waals surface area contributed by atoms with Gasteiger partial charge in [-0.25, -0.2) is 0 Å². The fraction of sp³-hybridized carbons (Fsp3) is 0.731. The van der Waals surface area contributed by atoms with Crippen LogP contribution in [0.2, 0.25) is 0 Å². The van der Waals surface area contributed by atoms with E-state index in [0.29, 0.717) is 6.42 Å². The van der Waals surface area contributed by atoms with Crippen molar-refractivity contribution in [2.24, 2.45) is 0 Å². The first-order chi connectivity index (χ1) is 14.2. The topological polar surface area (TPSA) is 49.3 Å². The van der Waals surface area contributed by atoms with Gasteiger partial charge < -0.3 is 10.4 Å². The van der Waals surface area contributed by atoms with Gasteiger partial charge in [0.15, 0.2) is 0 Å². The van der Waals surface area contributed by atoms with Crippen molar-refractivity contribution in [3.05, 3.63) is 29.8 Å². The summed E-state index contributed by atoms with van der Waals surface area (Å²) in [6.45, 7) is 5.19. The van der Waals surface area contributed by atoms with Crippen LogP contribution in [0.3, 0.4) is 0 Å². The highest BCUT2D eigenvalue weighted by Crippen LogP contribution is 2.21. The van der Waals surface area contributed by atoms with Gasteiger partial charge in [0.2, 0.25) is 0 Å². The molecule has 0 amide bonds. The van der Waals surface area contributed by atoms with E-state index in [9.17, 15) is 9.90 Å². The smallest absolute Gasteiger partial charge is 0.310 e. The molecule has 1 aromatic rings. The molecule has 0 radical (unpaired) electrons. The van der Waals surface area contributed by atoms with E-state index in [1.165, 1.54) is 89.9 Å². The van der Waals surface area contributed by atoms with Crippen LogP contribution in [0.15, 0.2) is 24.3 Å². The number of unbranched alkanes of at least 4 members (excludes halogenated alkanes) is 13. The molecule has 29 heavy (non-hydrogen) atoms. The Morgan fingerprint density at radius 2 is 1.21 bits per heavy atom. The largest absolute Gasteiger partial charge is 0.481 e. The molecule has 3 heteroatoms. The van der Waals surface area contributed by atoms with Crippen LogP contribution in [0.5, 0.6) is 0 Å². The maximum absolute atomic E-state index is 11.2. The van der Waals surface area contributed by atoms with Crippen molar-refractivity contribution < 1.29 is 9.90 Å². The van der Waals surface area contributed by atoms with Gasteiger partial charge in [-0.1, -0.05) is 109 Å². The number of benzene rings is 1. The maximum atomic E-state index is 11.2. The van der Waals surface area contributed by atoms with Crippen molar-refractivity contribution in [3.63, 3.8) is 0 Å². The molecule has 0 aliphatic carbocycles. The van der Waals surface area contributed by atoms with Crippen LogP contribution in [0.25, 0.3) is 0 Å². The number of rotatable bonds is 19. The molecule has 1 aromatic carbocycles. The number of carboxylic acids is 1. The number of hydrogen-bond acceptors (Lipinski definition) is 2. The van der Waals surface area contributed by atoms with Gasteiger partial charge in [0.1, 0.15) is 0 Å². The predicted molar refractivity (Wildman–Crippen MR) is 126 cm³/mol. The van der Waals surface area contributed by atoms with Crippen molar-refractivity contribution in [2.75, 3.05) is 11.9 Å². The van der Waals surface area contributed by atoms with Crippen LogP contribution in [-0.4, -0.2) is 17.6 Å². The fourth-order valence-electron chi connectivity index (χ4n) is 3.94. The lowest BCUT2D eigenvalue weighted by molar-refractivity contribution is -0.138. The maximum Gasteiger partial charge on any atom is 0.310 e. The molecule has 0 aromatic heterocycles. The SMILES string of the molecule is CCCCCCCCCCCCCCCCNc1ccc(C(CC)C(=O)O)cc1. The van der Waals surface area contributed by atoms with Crippen LogP contribution < -0.4 is 5.32 Å². The van der Waals surface area contributed by atoms with Gasteiger partial charge in [-0.3, -0.25) is 4.79 Å². The van der Waals surface area contributed by atoms with Gasteiger partial charge >= 0.3 is 5.97 Å². The van der Waals surface area contributed by atoms with E-state index in [1.807, 2.05) is 31.2 Å². The van der Waals surface area contributed by atoms with Gasteiger partial charge in [-0.05, 0) is 30.5 Å². The lowest BCUT2D eigenvalue weighted by Gasteiger charge is -2.12. The van der Waals surface area contributed by atoms with Crippen molar-refractivity contribution >= 4 is 11.7 Å². The highest BCUT2D eigenvalue weighted by atomic mass is 16.4. The Kier molecular flexibility index (Phi) is 15.3. The van der Waals surface area contributed by atoms with E-state index < -0.39 is 11.9 Å². The molecule has 1 atom stereocenters. The third kappa shape index (κ3) is 12.6. The van der Waals surface area contributed by atoms with E-state index in [0.717, 1.165) is 17.8 Å². The average molecular weight is 404 g/mol. The summed E-state index contributed by atoms with van der Waals surface area (Å²) < 4.78 is 0. The third-order valence-corrected chi connectivity index (χ3v) is 5.88. The third-order valence-electron chi connectivity index (χ3n) is 5.88. The van der Waals surface area contributed by atoms with Gasteiger partial charge in [0.05, 0.1) is 5.92 Å². The molecule has 0 saturated carbocycles. The zero-order chi connectivity index (χ0) is 21.2. The highest BCUT2D eigenvalue weighted by Gasteiger charge is 2.16. The zero-order valence-corrected chi connectivity index (χ0v) is 19.1. The minimum Gasteiger partial charge on any atom is -0.481 e. The first-order valence-electron chi connectivity index (χ1n) is 12.3. The van der Waals surface area contributed by atoms with Gasteiger partial charge in [0, 0.05) is 12.2 Å². The summed E-state index contributed by atoms with van der Waals surface area (Å²) in [5.41, 5.74) is 1.98. The highest BCUT2D eigenvalue weighted by molar-refractivity contribution is 5.76. The zero-order valence-electron chi connectivity index (χ0n) is 19.1. The van der Waals surface area contributed by atoms with Gasteiger partial charge in [-0.2, -0.15) is 0 Å². The van der Waals surface area contributed by atoms with Crippen LogP contribution in [-0.2, 0) is 4.79 Å². The Morgan fingerprint density at radius 1 is 0.759 bits per heavy atom. The molecule has 0 saturated heterocycles. The number of hydrogen-bond donors (Lipinski definition) is 2. The number of aliphatic carboxylic acids is 1. The molecule has 0 spiro atoms. The molecule has 0 aliphatic heterocycles. The lowest BCUT2D eigenvalue weighted by Crippen LogP contribution is -2.10. The van der Waals surface area contributed by atoms with E-state index in [4.69, 9.17) is 0 Å². The second-order valence-electron chi connectivity index (χ2n) is 8.44. The summed E-state index contributed by atoms with van der Waals surface area (Å²) in [6, 6.07) is 7.89.